The Kier molecular flexibility index (Phi) is 4.61. The number of carbonyl (C=O) groups excluding carboxylic acids is 1. The molecule has 3 rings (SSSR count). The fourth-order valence-electron chi connectivity index (χ4n) is 2.98. The molecular formula is C17H22N4OS. The maximum Gasteiger partial charge on any atom is 0.263 e. The molecule has 1 amide bonds. The summed E-state index contributed by atoms with van der Waals surface area (Å²) in [6.07, 6.45) is 3.55. The molecular weight excluding hydrogens is 308 g/mol. The van der Waals surface area contributed by atoms with Crippen molar-refractivity contribution in [1.82, 2.24) is 14.9 Å². The summed E-state index contributed by atoms with van der Waals surface area (Å²) in [5.74, 6) is 1.12. The number of likely N-dealkylation sites (tertiary alicyclic amines) is 1. The standard InChI is InChI=1S/C17H22N4OS/c1-12-8-15(23-10-12)17(22)21-6-4-14(5-7-21)20(3)16-9-13(2)18-11-19-16/h8-11,14H,4-7H2,1-3H3. The van der Waals surface area contributed by atoms with Gasteiger partial charge in [0.15, 0.2) is 0 Å². The zero-order chi connectivity index (χ0) is 16.4. The van der Waals surface area contributed by atoms with Crippen molar-refractivity contribution in [3.05, 3.63) is 40.0 Å². The first-order chi connectivity index (χ1) is 11.0. The van der Waals surface area contributed by atoms with Gasteiger partial charge in [-0.05, 0) is 43.7 Å². The number of anilines is 1. The quantitative estimate of drug-likeness (QED) is 0.868. The van der Waals surface area contributed by atoms with Gasteiger partial charge in [0.25, 0.3) is 5.91 Å². The van der Waals surface area contributed by atoms with Gasteiger partial charge in [-0.3, -0.25) is 4.79 Å². The highest BCUT2D eigenvalue weighted by Gasteiger charge is 2.27. The highest BCUT2D eigenvalue weighted by Crippen LogP contribution is 2.23. The fourth-order valence-corrected chi connectivity index (χ4v) is 3.84. The maximum absolute atomic E-state index is 12.5. The van der Waals surface area contributed by atoms with Crippen molar-refractivity contribution < 1.29 is 4.79 Å². The topological polar surface area (TPSA) is 49.3 Å². The normalized spacial score (nSPS) is 15.7. The molecule has 0 unspecified atom stereocenters. The number of aryl methyl sites for hydroxylation is 2. The van der Waals surface area contributed by atoms with Crippen molar-refractivity contribution in [2.45, 2.75) is 32.7 Å². The number of carbonyl (C=O) groups is 1. The molecule has 2 aromatic heterocycles. The SMILES string of the molecule is Cc1csc(C(=O)N2CCC(N(C)c3cc(C)ncn3)CC2)c1. The van der Waals surface area contributed by atoms with Gasteiger partial charge in [-0.1, -0.05) is 0 Å². The van der Waals surface area contributed by atoms with Gasteiger partial charge in [-0.2, -0.15) is 0 Å². The molecule has 1 aliphatic rings. The van der Waals surface area contributed by atoms with E-state index in [0.29, 0.717) is 6.04 Å². The molecule has 23 heavy (non-hydrogen) atoms. The molecule has 0 aliphatic carbocycles. The Hall–Kier alpha value is -1.95. The predicted octanol–water partition coefficient (Wildman–Crippen LogP) is 2.90. The first kappa shape index (κ1) is 15.9. The zero-order valence-corrected chi connectivity index (χ0v) is 14.6. The van der Waals surface area contributed by atoms with Crippen molar-refractivity contribution in [2.24, 2.45) is 0 Å². The maximum atomic E-state index is 12.5. The van der Waals surface area contributed by atoms with Crippen molar-refractivity contribution in [1.29, 1.82) is 0 Å². The summed E-state index contributed by atoms with van der Waals surface area (Å²) in [4.78, 5) is 26.0. The van der Waals surface area contributed by atoms with Crippen LogP contribution in [0.3, 0.4) is 0 Å². The first-order valence-corrected chi connectivity index (χ1v) is 8.78. The summed E-state index contributed by atoms with van der Waals surface area (Å²) in [6.45, 7) is 5.60. The lowest BCUT2D eigenvalue weighted by atomic mass is 10.0. The molecule has 0 spiro atoms. The van der Waals surface area contributed by atoms with E-state index in [9.17, 15) is 4.79 Å². The molecule has 0 radical (unpaired) electrons. The number of nitrogens with zero attached hydrogens (tertiary/aromatic N) is 4. The molecule has 1 fully saturated rings. The van der Waals surface area contributed by atoms with Crippen LogP contribution in [0.25, 0.3) is 0 Å². The molecule has 6 heteroatoms. The smallest absolute Gasteiger partial charge is 0.263 e. The molecule has 122 valence electrons. The molecule has 0 aromatic carbocycles. The minimum absolute atomic E-state index is 0.169. The number of amides is 1. The van der Waals surface area contributed by atoms with Gasteiger partial charge in [0.05, 0.1) is 4.88 Å². The Balaban J connectivity index is 1.61. The van der Waals surface area contributed by atoms with E-state index >= 15 is 0 Å². The Labute approximate surface area is 141 Å². The third kappa shape index (κ3) is 3.52. The highest BCUT2D eigenvalue weighted by molar-refractivity contribution is 7.12. The lowest BCUT2D eigenvalue weighted by Crippen LogP contribution is -2.45. The van der Waals surface area contributed by atoms with E-state index in [-0.39, 0.29) is 5.91 Å². The number of rotatable bonds is 3. The van der Waals surface area contributed by atoms with Gasteiger partial charge in [0.2, 0.25) is 0 Å². The second-order valence-electron chi connectivity index (χ2n) is 6.14. The number of aromatic nitrogens is 2. The highest BCUT2D eigenvalue weighted by atomic mass is 32.1. The molecule has 5 nitrogen and oxygen atoms in total. The summed E-state index contributed by atoms with van der Waals surface area (Å²) in [6, 6.07) is 4.40. The van der Waals surface area contributed by atoms with Crippen LogP contribution in [-0.2, 0) is 0 Å². The van der Waals surface area contributed by atoms with Crippen LogP contribution < -0.4 is 4.90 Å². The molecule has 3 heterocycles. The minimum atomic E-state index is 0.169. The van der Waals surface area contributed by atoms with Crippen LogP contribution in [0.15, 0.2) is 23.8 Å². The van der Waals surface area contributed by atoms with E-state index < -0.39 is 0 Å². The van der Waals surface area contributed by atoms with Gasteiger partial charge in [-0.25, -0.2) is 9.97 Å². The summed E-state index contributed by atoms with van der Waals surface area (Å²) < 4.78 is 0. The van der Waals surface area contributed by atoms with Gasteiger partial charge in [0, 0.05) is 37.9 Å². The molecule has 0 atom stereocenters. The molecule has 0 bridgehead atoms. The van der Waals surface area contributed by atoms with Crippen LogP contribution in [0.1, 0.15) is 33.8 Å². The van der Waals surface area contributed by atoms with Crippen LogP contribution in [0.4, 0.5) is 5.82 Å². The van der Waals surface area contributed by atoms with E-state index in [1.54, 1.807) is 6.33 Å². The van der Waals surface area contributed by atoms with Crippen molar-refractivity contribution >= 4 is 23.1 Å². The van der Waals surface area contributed by atoms with Gasteiger partial charge < -0.3 is 9.80 Å². The van der Waals surface area contributed by atoms with Crippen LogP contribution >= 0.6 is 11.3 Å². The van der Waals surface area contributed by atoms with Crippen LogP contribution in [-0.4, -0.2) is 47.0 Å². The van der Waals surface area contributed by atoms with Gasteiger partial charge in [0.1, 0.15) is 12.1 Å². The van der Waals surface area contributed by atoms with E-state index in [4.69, 9.17) is 0 Å². The largest absolute Gasteiger partial charge is 0.356 e. The average Bonchev–Trinajstić information content (AvgIpc) is 3.00. The molecule has 0 N–H and O–H groups in total. The monoisotopic (exact) mass is 330 g/mol. The minimum Gasteiger partial charge on any atom is -0.356 e. The summed E-state index contributed by atoms with van der Waals surface area (Å²) in [5, 5.41) is 2.03. The van der Waals surface area contributed by atoms with Gasteiger partial charge >= 0.3 is 0 Å². The Bertz CT molecular complexity index is 691. The predicted molar refractivity (Wildman–Crippen MR) is 93.2 cm³/mol. The van der Waals surface area contributed by atoms with E-state index in [1.165, 1.54) is 11.3 Å². The van der Waals surface area contributed by atoms with Crippen molar-refractivity contribution in [3.63, 3.8) is 0 Å². The lowest BCUT2D eigenvalue weighted by Gasteiger charge is -2.37. The second kappa shape index (κ2) is 6.66. The fraction of sp³-hybridized carbons (Fsp3) is 0.471. The van der Waals surface area contributed by atoms with Crippen molar-refractivity contribution in [3.8, 4) is 0 Å². The van der Waals surface area contributed by atoms with Crippen molar-refractivity contribution in [2.75, 3.05) is 25.0 Å². The van der Waals surface area contributed by atoms with E-state index in [2.05, 4.69) is 21.9 Å². The Morgan fingerprint density at radius 2 is 2.00 bits per heavy atom. The molecule has 0 saturated carbocycles. The molecule has 2 aromatic rings. The van der Waals surface area contributed by atoms with E-state index in [1.807, 2.05) is 36.3 Å². The second-order valence-corrected chi connectivity index (χ2v) is 7.05. The third-order valence-electron chi connectivity index (χ3n) is 4.39. The summed E-state index contributed by atoms with van der Waals surface area (Å²) in [7, 11) is 2.08. The first-order valence-electron chi connectivity index (χ1n) is 7.90. The number of thiophene rings is 1. The zero-order valence-electron chi connectivity index (χ0n) is 13.8. The molecule has 1 aliphatic heterocycles. The Morgan fingerprint density at radius 3 is 2.61 bits per heavy atom. The lowest BCUT2D eigenvalue weighted by molar-refractivity contribution is 0.0718. The number of hydrogen-bond donors (Lipinski definition) is 0. The van der Waals surface area contributed by atoms with Crippen LogP contribution in [0.5, 0.6) is 0 Å². The molecule has 1 saturated heterocycles. The van der Waals surface area contributed by atoms with E-state index in [0.717, 1.165) is 47.9 Å². The number of piperidine rings is 1. The van der Waals surface area contributed by atoms with Crippen LogP contribution in [0, 0.1) is 13.8 Å². The Morgan fingerprint density at radius 1 is 1.26 bits per heavy atom. The number of hydrogen-bond acceptors (Lipinski definition) is 5. The average molecular weight is 330 g/mol. The summed E-state index contributed by atoms with van der Waals surface area (Å²) >= 11 is 1.54. The van der Waals surface area contributed by atoms with Crippen LogP contribution in [0.2, 0.25) is 0 Å². The van der Waals surface area contributed by atoms with Gasteiger partial charge in [-0.15, -0.1) is 11.3 Å². The summed E-state index contributed by atoms with van der Waals surface area (Å²) in [5.41, 5.74) is 2.13. The third-order valence-corrected chi connectivity index (χ3v) is 5.43.